The van der Waals surface area contributed by atoms with Gasteiger partial charge >= 0.3 is 0 Å². The lowest BCUT2D eigenvalue weighted by molar-refractivity contribution is -0.117. The Morgan fingerprint density at radius 2 is 1.76 bits per heavy atom. The molecule has 0 saturated carbocycles. The Hall–Kier alpha value is -3.24. The lowest BCUT2D eigenvalue weighted by atomic mass is 10.1. The molecule has 0 spiro atoms. The van der Waals surface area contributed by atoms with Gasteiger partial charge in [0.15, 0.2) is 0 Å². The van der Waals surface area contributed by atoms with Crippen molar-refractivity contribution in [2.75, 3.05) is 10.2 Å². The van der Waals surface area contributed by atoms with Crippen LogP contribution in [0.15, 0.2) is 83.4 Å². The van der Waals surface area contributed by atoms with Crippen LogP contribution in [-0.4, -0.2) is 17.1 Å². The maximum absolute atomic E-state index is 13.6. The van der Waals surface area contributed by atoms with Gasteiger partial charge in [0.25, 0.3) is 5.91 Å². The zero-order valence-electron chi connectivity index (χ0n) is 18.1. The van der Waals surface area contributed by atoms with Crippen LogP contribution < -0.4 is 10.2 Å². The maximum atomic E-state index is 13.6. The van der Waals surface area contributed by atoms with E-state index in [0.29, 0.717) is 32.9 Å². The van der Waals surface area contributed by atoms with Gasteiger partial charge in [0.2, 0.25) is 5.91 Å². The summed E-state index contributed by atoms with van der Waals surface area (Å²) in [5, 5.41) is 13.2. The number of nitrogens with one attached hydrogen (secondary N) is 1. The molecule has 1 saturated heterocycles. The van der Waals surface area contributed by atoms with Crippen LogP contribution in [0.25, 0.3) is 0 Å². The number of nitrogens with zero attached hydrogens (tertiary/aromatic N) is 2. The number of anilines is 2. The van der Waals surface area contributed by atoms with E-state index in [4.69, 9.17) is 23.2 Å². The van der Waals surface area contributed by atoms with Gasteiger partial charge in [0.05, 0.1) is 21.0 Å². The third-order valence-electron chi connectivity index (χ3n) is 5.33. The number of carbonyl (C=O) groups excluding carboxylic acids is 2. The molecule has 3 aromatic carbocycles. The van der Waals surface area contributed by atoms with Crippen LogP contribution in [0.5, 0.6) is 0 Å². The number of halogens is 2. The molecule has 1 unspecified atom stereocenters. The molecule has 0 aromatic heterocycles. The highest BCUT2D eigenvalue weighted by Gasteiger charge is 2.41. The highest BCUT2D eigenvalue weighted by Crippen LogP contribution is 2.43. The molecule has 1 fully saturated rings. The number of nitriles is 1. The summed E-state index contributed by atoms with van der Waals surface area (Å²) < 4.78 is 0. The standard InChI is InChI=1S/C26H19Cl2N3O2S/c1-16-8-5-6-13-21(16)31-25(33)22(14-17-9-7-12-20(27)23(17)28)34-26(31)19(15-29)24(32)30-18-10-3-2-4-11-18/h2-13,22H,14H2,1H3,(H,30,32)/b26-19-. The molecule has 1 aliphatic rings. The molecule has 1 aliphatic heterocycles. The first-order valence-electron chi connectivity index (χ1n) is 10.4. The number of amides is 2. The van der Waals surface area contributed by atoms with Crippen LogP contribution in [0.1, 0.15) is 11.1 Å². The molecule has 34 heavy (non-hydrogen) atoms. The highest BCUT2D eigenvalue weighted by molar-refractivity contribution is 8.05. The number of para-hydroxylation sites is 2. The summed E-state index contributed by atoms with van der Waals surface area (Å²) in [7, 11) is 0. The fourth-order valence-corrected chi connectivity index (χ4v) is 5.33. The van der Waals surface area contributed by atoms with Gasteiger partial charge in [-0.1, -0.05) is 83.5 Å². The van der Waals surface area contributed by atoms with Crippen molar-refractivity contribution in [2.24, 2.45) is 0 Å². The van der Waals surface area contributed by atoms with E-state index in [1.807, 2.05) is 43.3 Å². The molecule has 5 nitrogen and oxygen atoms in total. The van der Waals surface area contributed by atoms with E-state index in [1.54, 1.807) is 42.5 Å². The zero-order chi connectivity index (χ0) is 24.2. The summed E-state index contributed by atoms with van der Waals surface area (Å²) in [4.78, 5) is 28.2. The first kappa shape index (κ1) is 23.9. The monoisotopic (exact) mass is 507 g/mol. The van der Waals surface area contributed by atoms with Gasteiger partial charge in [0, 0.05) is 5.69 Å². The quantitative estimate of drug-likeness (QED) is 0.321. The second-order valence-corrected chi connectivity index (χ2v) is 9.57. The lowest BCUT2D eigenvalue weighted by Gasteiger charge is -2.20. The number of carbonyl (C=O) groups is 2. The van der Waals surface area contributed by atoms with E-state index in [-0.39, 0.29) is 11.5 Å². The molecule has 2 amide bonds. The van der Waals surface area contributed by atoms with Crippen LogP contribution in [0, 0.1) is 18.3 Å². The predicted molar refractivity (Wildman–Crippen MR) is 138 cm³/mol. The Balaban J connectivity index is 1.77. The van der Waals surface area contributed by atoms with E-state index in [0.717, 1.165) is 11.1 Å². The second kappa shape index (κ2) is 10.4. The van der Waals surface area contributed by atoms with Crippen LogP contribution in [0.4, 0.5) is 11.4 Å². The first-order valence-corrected chi connectivity index (χ1v) is 12.0. The largest absolute Gasteiger partial charge is 0.321 e. The molecule has 0 aliphatic carbocycles. The molecule has 4 rings (SSSR count). The summed E-state index contributed by atoms with van der Waals surface area (Å²) in [5.74, 6) is -0.811. The van der Waals surface area contributed by atoms with Crippen LogP contribution in [-0.2, 0) is 16.0 Å². The minimum Gasteiger partial charge on any atom is -0.321 e. The molecule has 1 atom stereocenters. The van der Waals surface area contributed by atoms with Gasteiger partial charge in [-0.3, -0.25) is 14.5 Å². The molecule has 3 aromatic rings. The van der Waals surface area contributed by atoms with E-state index < -0.39 is 11.2 Å². The predicted octanol–water partition coefficient (Wildman–Crippen LogP) is 6.37. The van der Waals surface area contributed by atoms with Gasteiger partial charge in [-0.05, 0) is 48.7 Å². The van der Waals surface area contributed by atoms with Gasteiger partial charge < -0.3 is 5.32 Å². The average Bonchev–Trinajstić information content (AvgIpc) is 3.14. The summed E-state index contributed by atoms with van der Waals surface area (Å²) in [6, 6.07) is 23.5. The van der Waals surface area contributed by atoms with Crippen molar-refractivity contribution in [3.8, 4) is 6.07 Å². The average molecular weight is 508 g/mol. The second-order valence-electron chi connectivity index (χ2n) is 7.60. The number of hydrogen-bond donors (Lipinski definition) is 1. The van der Waals surface area contributed by atoms with Crippen LogP contribution in [0.2, 0.25) is 10.0 Å². The van der Waals surface area contributed by atoms with Gasteiger partial charge in [-0.25, -0.2) is 0 Å². The molecule has 0 radical (unpaired) electrons. The van der Waals surface area contributed by atoms with Gasteiger partial charge in [-0.2, -0.15) is 5.26 Å². The number of thioether (sulfide) groups is 1. The Morgan fingerprint density at radius 3 is 2.47 bits per heavy atom. The normalized spacial score (nSPS) is 16.8. The van der Waals surface area contributed by atoms with Crippen molar-refractivity contribution in [3.63, 3.8) is 0 Å². The van der Waals surface area contributed by atoms with Crippen molar-refractivity contribution >= 4 is 58.2 Å². The SMILES string of the molecule is Cc1ccccc1N1C(=O)C(Cc2cccc(Cl)c2Cl)S/C1=C(/C#N)C(=O)Nc1ccccc1. The Kier molecular flexibility index (Phi) is 7.28. The fraction of sp³-hybridized carbons (Fsp3) is 0.115. The molecule has 170 valence electrons. The van der Waals surface area contributed by atoms with Crippen molar-refractivity contribution < 1.29 is 9.59 Å². The highest BCUT2D eigenvalue weighted by atomic mass is 35.5. The van der Waals surface area contributed by atoms with Gasteiger partial charge in [0.1, 0.15) is 16.7 Å². The number of hydrogen-bond acceptors (Lipinski definition) is 4. The maximum Gasteiger partial charge on any atom is 0.269 e. The van der Waals surface area contributed by atoms with E-state index in [1.165, 1.54) is 16.7 Å². The Bertz CT molecular complexity index is 1340. The van der Waals surface area contributed by atoms with Crippen molar-refractivity contribution in [3.05, 3.63) is 105 Å². The van der Waals surface area contributed by atoms with Crippen LogP contribution >= 0.6 is 35.0 Å². The number of aryl methyl sites for hydroxylation is 1. The van der Waals surface area contributed by atoms with Gasteiger partial charge in [-0.15, -0.1) is 0 Å². The molecular formula is C26H19Cl2N3O2S. The van der Waals surface area contributed by atoms with E-state index in [2.05, 4.69) is 5.32 Å². The van der Waals surface area contributed by atoms with Crippen molar-refractivity contribution in [2.45, 2.75) is 18.6 Å². The smallest absolute Gasteiger partial charge is 0.269 e. The first-order chi connectivity index (χ1) is 16.4. The summed E-state index contributed by atoms with van der Waals surface area (Å²) in [5.41, 5.74) is 2.61. The third kappa shape index (κ3) is 4.83. The number of benzene rings is 3. The molecular weight excluding hydrogens is 489 g/mol. The Labute approximate surface area is 212 Å². The lowest BCUT2D eigenvalue weighted by Crippen LogP contribution is -2.31. The van der Waals surface area contributed by atoms with E-state index >= 15 is 0 Å². The minimum atomic E-state index is -0.585. The van der Waals surface area contributed by atoms with Crippen molar-refractivity contribution in [1.82, 2.24) is 0 Å². The molecule has 1 heterocycles. The van der Waals surface area contributed by atoms with E-state index in [9.17, 15) is 14.9 Å². The van der Waals surface area contributed by atoms with Crippen molar-refractivity contribution in [1.29, 1.82) is 5.26 Å². The van der Waals surface area contributed by atoms with Crippen LogP contribution in [0.3, 0.4) is 0 Å². The number of rotatable bonds is 5. The molecule has 0 bridgehead atoms. The molecule has 8 heteroatoms. The third-order valence-corrected chi connectivity index (χ3v) is 7.45. The molecule has 1 N–H and O–H groups in total. The zero-order valence-corrected chi connectivity index (χ0v) is 20.4. The fourth-order valence-electron chi connectivity index (χ4n) is 3.64. The topological polar surface area (TPSA) is 73.2 Å². The minimum absolute atomic E-state index is 0.134. The Morgan fingerprint density at radius 1 is 1.06 bits per heavy atom. The summed E-state index contributed by atoms with van der Waals surface area (Å²) in [6.45, 7) is 1.88. The summed E-state index contributed by atoms with van der Waals surface area (Å²) >= 11 is 13.7. The summed E-state index contributed by atoms with van der Waals surface area (Å²) in [6.07, 6.45) is 0.299.